The van der Waals surface area contributed by atoms with Crippen molar-refractivity contribution in [2.75, 3.05) is 5.73 Å². The maximum Gasteiger partial charge on any atom is 0.273 e. The predicted molar refractivity (Wildman–Crippen MR) is 104 cm³/mol. The van der Waals surface area contributed by atoms with Crippen molar-refractivity contribution in [3.05, 3.63) is 63.3 Å². The number of rotatable bonds is 4. The zero-order valence-corrected chi connectivity index (χ0v) is 15.8. The average Bonchev–Trinajstić information content (AvgIpc) is 3.11. The maximum atomic E-state index is 12.1. The number of nitrogens with two attached hydrogens (primary N) is 1. The summed E-state index contributed by atoms with van der Waals surface area (Å²) in [6, 6.07) is 7.51. The van der Waals surface area contributed by atoms with Crippen LogP contribution in [-0.4, -0.2) is 25.2 Å². The van der Waals surface area contributed by atoms with Crippen LogP contribution in [0.4, 0.5) is 5.82 Å². The molecule has 26 heavy (non-hydrogen) atoms. The number of nitrogens with zero attached hydrogens (tertiary/aromatic N) is 5. The summed E-state index contributed by atoms with van der Waals surface area (Å²) in [4.78, 5) is 12.1. The van der Waals surface area contributed by atoms with Crippen LogP contribution in [0.1, 0.15) is 42.4 Å². The first-order valence-electron chi connectivity index (χ1n) is 8.56. The van der Waals surface area contributed by atoms with Gasteiger partial charge in [-0.1, -0.05) is 0 Å². The first-order chi connectivity index (χ1) is 12.3. The van der Waals surface area contributed by atoms with Crippen molar-refractivity contribution < 1.29 is 0 Å². The Kier molecular flexibility index (Phi) is 4.54. The van der Waals surface area contributed by atoms with E-state index in [4.69, 9.17) is 5.73 Å². The van der Waals surface area contributed by atoms with Gasteiger partial charge in [0.15, 0.2) is 0 Å². The van der Waals surface area contributed by atoms with Gasteiger partial charge in [0.2, 0.25) is 0 Å². The molecule has 7 nitrogen and oxygen atoms in total. The van der Waals surface area contributed by atoms with E-state index < -0.39 is 0 Å². The standard InChI is InChI=1S/C19H24N6O/c1-12(2)24-18(6-7-21-24)23-14(4)10-16(15(23)5)11-22-25-17(20)8-13(3)9-19(25)26/h6-12H,20H2,1-5H3/b22-11-. The summed E-state index contributed by atoms with van der Waals surface area (Å²) in [6.07, 6.45) is 3.47. The van der Waals surface area contributed by atoms with E-state index in [0.717, 1.165) is 28.3 Å². The molecule has 0 atom stereocenters. The molecule has 136 valence electrons. The lowest BCUT2D eigenvalue weighted by Gasteiger charge is -2.15. The van der Waals surface area contributed by atoms with Gasteiger partial charge in [-0.05, 0) is 52.3 Å². The fraction of sp³-hybridized carbons (Fsp3) is 0.316. The third kappa shape index (κ3) is 3.08. The van der Waals surface area contributed by atoms with E-state index in [1.54, 1.807) is 18.5 Å². The fourth-order valence-corrected chi connectivity index (χ4v) is 3.12. The second kappa shape index (κ2) is 6.67. The van der Waals surface area contributed by atoms with Crippen LogP contribution in [0.5, 0.6) is 0 Å². The van der Waals surface area contributed by atoms with Gasteiger partial charge in [0.05, 0.1) is 12.4 Å². The van der Waals surface area contributed by atoms with E-state index in [9.17, 15) is 4.79 Å². The molecule has 0 radical (unpaired) electrons. The first-order valence-corrected chi connectivity index (χ1v) is 8.56. The minimum Gasteiger partial charge on any atom is -0.384 e. The molecule has 0 aliphatic rings. The normalized spacial score (nSPS) is 11.8. The van der Waals surface area contributed by atoms with Crippen molar-refractivity contribution in [3.63, 3.8) is 0 Å². The third-order valence-electron chi connectivity index (χ3n) is 4.33. The van der Waals surface area contributed by atoms with Gasteiger partial charge in [-0.15, -0.1) is 0 Å². The maximum absolute atomic E-state index is 12.1. The summed E-state index contributed by atoms with van der Waals surface area (Å²) in [5.74, 6) is 1.32. The van der Waals surface area contributed by atoms with Crippen molar-refractivity contribution >= 4 is 12.0 Å². The Morgan fingerprint density at radius 1 is 1.19 bits per heavy atom. The van der Waals surface area contributed by atoms with Gasteiger partial charge >= 0.3 is 0 Å². The number of anilines is 1. The second-order valence-electron chi connectivity index (χ2n) is 6.74. The number of aromatic nitrogens is 4. The van der Waals surface area contributed by atoms with Crippen molar-refractivity contribution in [2.24, 2.45) is 5.10 Å². The molecule has 0 saturated heterocycles. The molecular formula is C19H24N6O. The summed E-state index contributed by atoms with van der Waals surface area (Å²) >= 11 is 0. The van der Waals surface area contributed by atoms with Gasteiger partial charge in [0, 0.05) is 35.1 Å². The molecule has 0 bridgehead atoms. The lowest BCUT2D eigenvalue weighted by atomic mass is 10.2. The predicted octanol–water partition coefficient (Wildman–Crippen LogP) is 2.81. The molecule has 2 N–H and O–H groups in total. The SMILES string of the molecule is Cc1cc(N)n(/N=C\c2cc(C)n(-c3ccnn3C(C)C)c2C)c(=O)c1. The zero-order valence-electron chi connectivity index (χ0n) is 15.8. The highest BCUT2D eigenvalue weighted by atomic mass is 16.1. The van der Waals surface area contributed by atoms with Crippen LogP contribution in [0.2, 0.25) is 0 Å². The van der Waals surface area contributed by atoms with Crippen molar-refractivity contribution in [2.45, 2.75) is 40.7 Å². The molecule has 0 aromatic carbocycles. The minimum absolute atomic E-state index is 0.245. The summed E-state index contributed by atoms with van der Waals surface area (Å²) < 4.78 is 5.32. The molecule has 0 unspecified atom stereocenters. The molecule has 3 aromatic rings. The average molecular weight is 352 g/mol. The van der Waals surface area contributed by atoms with Gasteiger partial charge in [-0.25, -0.2) is 4.68 Å². The summed E-state index contributed by atoms with van der Waals surface area (Å²) in [6.45, 7) is 10.1. The van der Waals surface area contributed by atoms with Crippen LogP contribution in [0.3, 0.4) is 0 Å². The van der Waals surface area contributed by atoms with Crippen LogP contribution in [0, 0.1) is 20.8 Å². The van der Waals surface area contributed by atoms with Crippen LogP contribution in [0.25, 0.3) is 5.82 Å². The fourth-order valence-electron chi connectivity index (χ4n) is 3.12. The highest BCUT2D eigenvalue weighted by Crippen LogP contribution is 2.21. The lowest BCUT2D eigenvalue weighted by Crippen LogP contribution is -2.19. The number of pyridine rings is 1. The molecule has 3 rings (SSSR count). The summed E-state index contributed by atoms with van der Waals surface area (Å²) in [5, 5.41) is 8.70. The quantitative estimate of drug-likeness (QED) is 0.733. The Labute approximate surface area is 152 Å². The Balaban J connectivity index is 2.04. The van der Waals surface area contributed by atoms with E-state index in [1.165, 1.54) is 10.7 Å². The van der Waals surface area contributed by atoms with Crippen molar-refractivity contribution in [3.8, 4) is 5.82 Å². The van der Waals surface area contributed by atoms with E-state index in [1.807, 2.05) is 37.6 Å². The largest absolute Gasteiger partial charge is 0.384 e. The number of aryl methyl sites for hydroxylation is 2. The minimum atomic E-state index is -0.245. The Morgan fingerprint density at radius 2 is 1.92 bits per heavy atom. The number of hydrogen-bond acceptors (Lipinski definition) is 4. The van der Waals surface area contributed by atoms with E-state index in [2.05, 4.69) is 28.6 Å². The van der Waals surface area contributed by atoms with Crippen LogP contribution in [-0.2, 0) is 0 Å². The third-order valence-corrected chi connectivity index (χ3v) is 4.33. The van der Waals surface area contributed by atoms with Crippen LogP contribution in [0.15, 0.2) is 40.4 Å². The molecule has 0 saturated carbocycles. The molecule has 3 heterocycles. The number of nitrogen functional groups attached to an aromatic ring is 1. The van der Waals surface area contributed by atoms with Crippen molar-refractivity contribution in [1.29, 1.82) is 0 Å². The van der Waals surface area contributed by atoms with Gasteiger partial charge in [-0.2, -0.15) is 14.9 Å². The highest BCUT2D eigenvalue weighted by molar-refractivity contribution is 5.82. The second-order valence-corrected chi connectivity index (χ2v) is 6.74. The van der Waals surface area contributed by atoms with Gasteiger partial charge in [0.25, 0.3) is 5.56 Å². The van der Waals surface area contributed by atoms with Crippen molar-refractivity contribution in [1.82, 2.24) is 19.0 Å². The molecule has 3 aromatic heterocycles. The van der Waals surface area contributed by atoms with Gasteiger partial charge < -0.3 is 10.3 Å². The van der Waals surface area contributed by atoms with Gasteiger partial charge in [0.1, 0.15) is 11.6 Å². The van der Waals surface area contributed by atoms with Gasteiger partial charge in [-0.3, -0.25) is 4.79 Å². The molecule has 0 fully saturated rings. The first kappa shape index (κ1) is 17.7. The molecule has 0 aliphatic heterocycles. The highest BCUT2D eigenvalue weighted by Gasteiger charge is 2.14. The van der Waals surface area contributed by atoms with E-state index in [-0.39, 0.29) is 11.6 Å². The number of hydrogen-bond donors (Lipinski definition) is 1. The van der Waals surface area contributed by atoms with Crippen LogP contribution < -0.4 is 11.3 Å². The molecular weight excluding hydrogens is 328 g/mol. The van der Waals surface area contributed by atoms with E-state index in [0.29, 0.717) is 5.82 Å². The summed E-state index contributed by atoms with van der Waals surface area (Å²) in [5.41, 5.74) is 9.50. The topological polar surface area (TPSA) is 83.1 Å². The summed E-state index contributed by atoms with van der Waals surface area (Å²) in [7, 11) is 0. The molecule has 0 spiro atoms. The Hall–Kier alpha value is -3.09. The Morgan fingerprint density at radius 3 is 2.58 bits per heavy atom. The lowest BCUT2D eigenvalue weighted by molar-refractivity contribution is 0.519. The van der Waals surface area contributed by atoms with E-state index >= 15 is 0 Å². The van der Waals surface area contributed by atoms with Crippen LogP contribution >= 0.6 is 0 Å². The molecule has 0 amide bonds. The smallest absolute Gasteiger partial charge is 0.273 e. The molecule has 7 heteroatoms. The monoisotopic (exact) mass is 352 g/mol. The zero-order chi connectivity index (χ0) is 19.0. The molecule has 0 aliphatic carbocycles. The Bertz CT molecular complexity index is 1030.